The lowest BCUT2D eigenvalue weighted by Gasteiger charge is -2.20. The van der Waals surface area contributed by atoms with E-state index in [9.17, 15) is 24.6 Å². The van der Waals surface area contributed by atoms with Crippen LogP contribution in [0.5, 0.6) is 23.0 Å². The highest BCUT2D eigenvalue weighted by atomic mass is 16.5. The summed E-state index contributed by atoms with van der Waals surface area (Å²) in [6.45, 7) is 7.99. The minimum atomic E-state index is -0.922. The van der Waals surface area contributed by atoms with Crippen molar-refractivity contribution in [2.75, 3.05) is 14.2 Å². The van der Waals surface area contributed by atoms with Gasteiger partial charge in [-0.3, -0.25) is 4.79 Å². The van der Waals surface area contributed by atoms with Gasteiger partial charge < -0.3 is 24.4 Å². The predicted molar refractivity (Wildman–Crippen MR) is 108 cm³/mol. The van der Waals surface area contributed by atoms with E-state index in [1.165, 1.54) is 28.1 Å². The number of phenolic OH excluding ortho intramolecular Hbond substituents is 2. The van der Waals surface area contributed by atoms with Crippen molar-refractivity contribution >= 4 is 18.2 Å². The first-order valence-electron chi connectivity index (χ1n) is 9.01. The first-order chi connectivity index (χ1) is 14.0. The summed E-state index contributed by atoms with van der Waals surface area (Å²) in [6, 6.07) is 0. The van der Waals surface area contributed by atoms with Gasteiger partial charge in [-0.05, 0) is 56.9 Å². The third-order valence-electron chi connectivity index (χ3n) is 5.34. The molecule has 2 aromatic carbocycles. The summed E-state index contributed by atoms with van der Waals surface area (Å²) < 4.78 is 15.8. The summed E-state index contributed by atoms with van der Waals surface area (Å²) >= 11 is 0. The van der Waals surface area contributed by atoms with Crippen LogP contribution in [0.3, 0.4) is 0 Å². The van der Waals surface area contributed by atoms with Crippen LogP contribution >= 0.6 is 0 Å². The molecule has 160 valence electrons. The topological polar surface area (TPSA) is 119 Å². The number of phenols is 2. The summed E-state index contributed by atoms with van der Waals surface area (Å²) in [5.74, 6) is -2.23. The van der Waals surface area contributed by atoms with Crippen LogP contribution in [0.1, 0.15) is 58.9 Å². The number of esters is 2. The van der Waals surface area contributed by atoms with Crippen LogP contribution in [-0.2, 0) is 4.74 Å². The molecule has 0 amide bonds. The fourth-order valence-electron chi connectivity index (χ4n) is 3.35. The summed E-state index contributed by atoms with van der Waals surface area (Å²) in [5, 5.41) is 20.4. The van der Waals surface area contributed by atoms with E-state index in [-0.39, 0.29) is 40.0 Å². The Morgan fingerprint density at radius 2 is 1.30 bits per heavy atom. The van der Waals surface area contributed by atoms with E-state index in [1.54, 1.807) is 20.8 Å². The molecular weight excluding hydrogens is 392 g/mol. The minimum absolute atomic E-state index is 0.152. The largest absolute Gasteiger partial charge is 0.507 e. The predicted octanol–water partition coefficient (Wildman–Crippen LogP) is 3.47. The monoisotopic (exact) mass is 416 g/mol. The molecule has 8 nitrogen and oxygen atoms in total. The molecule has 0 fully saturated rings. The highest BCUT2D eigenvalue weighted by Crippen LogP contribution is 2.40. The number of rotatable bonds is 5. The number of benzene rings is 2. The van der Waals surface area contributed by atoms with Crippen LogP contribution in [0, 0.1) is 34.6 Å². The Labute approximate surface area is 174 Å². The van der Waals surface area contributed by atoms with Crippen LogP contribution in [-0.4, -0.2) is 42.7 Å². The molecule has 0 aliphatic heterocycles. The van der Waals surface area contributed by atoms with E-state index < -0.39 is 29.0 Å². The van der Waals surface area contributed by atoms with Crippen LogP contribution in [0.25, 0.3) is 0 Å². The average Bonchev–Trinajstić information content (AvgIpc) is 2.71. The van der Waals surface area contributed by atoms with Crippen LogP contribution < -0.4 is 9.47 Å². The molecule has 0 atom stereocenters. The van der Waals surface area contributed by atoms with E-state index in [4.69, 9.17) is 14.2 Å². The van der Waals surface area contributed by atoms with E-state index in [1.807, 2.05) is 0 Å². The second-order valence-corrected chi connectivity index (χ2v) is 6.85. The zero-order valence-electron chi connectivity index (χ0n) is 17.9. The maximum Gasteiger partial charge on any atom is 0.347 e. The summed E-state index contributed by atoms with van der Waals surface area (Å²) in [4.78, 5) is 36.4. The van der Waals surface area contributed by atoms with Crippen molar-refractivity contribution in [3.05, 3.63) is 44.5 Å². The zero-order chi connectivity index (χ0) is 22.9. The van der Waals surface area contributed by atoms with E-state index in [2.05, 4.69) is 0 Å². The molecule has 0 radical (unpaired) electrons. The number of aromatic hydroxyl groups is 2. The molecule has 0 heterocycles. The quantitative estimate of drug-likeness (QED) is 0.432. The molecule has 0 saturated heterocycles. The molecule has 2 rings (SSSR count). The lowest BCUT2D eigenvalue weighted by molar-refractivity contribution is 0.0595. The molecule has 2 aromatic rings. The van der Waals surface area contributed by atoms with Crippen molar-refractivity contribution in [1.82, 2.24) is 0 Å². The lowest BCUT2D eigenvalue weighted by Crippen LogP contribution is -2.16. The SMILES string of the molecule is COC(=O)c1c(C)c(C)c(OC(=O)c2c(C)c(C)c(O)c(C=O)c2O)c(C)c1OC. The second-order valence-electron chi connectivity index (χ2n) is 6.85. The molecule has 8 heteroatoms. The number of ether oxygens (including phenoxy) is 3. The smallest absolute Gasteiger partial charge is 0.347 e. The summed E-state index contributed by atoms with van der Waals surface area (Å²) in [7, 11) is 2.63. The first kappa shape index (κ1) is 22.7. The third-order valence-corrected chi connectivity index (χ3v) is 5.34. The van der Waals surface area contributed by atoms with E-state index in [0.29, 0.717) is 16.7 Å². The molecule has 0 aliphatic carbocycles. The number of carbonyl (C=O) groups is 3. The van der Waals surface area contributed by atoms with Crippen molar-refractivity contribution in [1.29, 1.82) is 0 Å². The highest BCUT2D eigenvalue weighted by molar-refractivity contribution is 6.01. The van der Waals surface area contributed by atoms with Gasteiger partial charge >= 0.3 is 11.9 Å². The Balaban J connectivity index is 2.69. The standard InChI is InChI=1S/C22H24O8/c1-9-11(3)17(24)14(8-23)18(25)15(9)22(27)30-19-12(4)10(2)16(21(26)29-7)20(28-6)13(19)5/h8,24-25H,1-7H3. The fraction of sp³-hybridized carbons (Fsp3) is 0.318. The normalized spacial score (nSPS) is 10.5. The zero-order valence-corrected chi connectivity index (χ0v) is 17.9. The fourth-order valence-corrected chi connectivity index (χ4v) is 3.35. The van der Waals surface area contributed by atoms with E-state index in [0.717, 1.165) is 0 Å². The first-order valence-corrected chi connectivity index (χ1v) is 9.01. The van der Waals surface area contributed by atoms with Gasteiger partial charge in [0, 0.05) is 5.56 Å². The van der Waals surface area contributed by atoms with Gasteiger partial charge in [-0.2, -0.15) is 0 Å². The molecule has 0 aromatic heterocycles. The summed E-state index contributed by atoms with van der Waals surface area (Å²) in [6.07, 6.45) is 0.267. The molecule has 30 heavy (non-hydrogen) atoms. The van der Waals surface area contributed by atoms with Gasteiger partial charge in [-0.15, -0.1) is 0 Å². The Bertz CT molecular complexity index is 1070. The third kappa shape index (κ3) is 3.45. The number of methoxy groups -OCH3 is 2. The molecular formula is C22H24O8. The van der Waals surface area contributed by atoms with Gasteiger partial charge in [-0.1, -0.05) is 0 Å². The number of hydrogen-bond acceptors (Lipinski definition) is 8. The van der Waals surface area contributed by atoms with Gasteiger partial charge in [0.05, 0.1) is 19.8 Å². The molecule has 0 saturated carbocycles. The molecule has 0 bridgehead atoms. The van der Waals surface area contributed by atoms with Crippen molar-refractivity contribution in [3.8, 4) is 23.0 Å². The minimum Gasteiger partial charge on any atom is -0.507 e. The number of aldehydes is 1. The van der Waals surface area contributed by atoms with Crippen LogP contribution in [0.4, 0.5) is 0 Å². The van der Waals surface area contributed by atoms with Gasteiger partial charge in [0.2, 0.25) is 0 Å². The van der Waals surface area contributed by atoms with Crippen molar-refractivity contribution < 1.29 is 38.8 Å². The maximum absolute atomic E-state index is 13.0. The molecule has 0 unspecified atom stereocenters. The Morgan fingerprint density at radius 3 is 1.80 bits per heavy atom. The molecule has 0 aliphatic rings. The maximum atomic E-state index is 13.0. The van der Waals surface area contributed by atoms with Gasteiger partial charge in [-0.25, -0.2) is 9.59 Å². The highest BCUT2D eigenvalue weighted by Gasteiger charge is 2.29. The molecule has 2 N–H and O–H groups in total. The van der Waals surface area contributed by atoms with Crippen molar-refractivity contribution in [2.24, 2.45) is 0 Å². The van der Waals surface area contributed by atoms with Gasteiger partial charge in [0.15, 0.2) is 6.29 Å². The van der Waals surface area contributed by atoms with E-state index >= 15 is 0 Å². The molecule has 0 spiro atoms. The average molecular weight is 416 g/mol. The van der Waals surface area contributed by atoms with Crippen molar-refractivity contribution in [3.63, 3.8) is 0 Å². The summed E-state index contributed by atoms with van der Waals surface area (Å²) in [5.41, 5.74) is 1.52. The number of hydrogen-bond donors (Lipinski definition) is 2. The second kappa shape index (κ2) is 8.44. The Hall–Kier alpha value is -3.55. The lowest BCUT2D eigenvalue weighted by atomic mass is 9.96. The van der Waals surface area contributed by atoms with Crippen molar-refractivity contribution in [2.45, 2.75) is 34.6 Å². The Morgan fingerprint density at radius 1 is 0.733 bits per heavy atom. The van der Waals surface area contributed by atoms with Crippen LogP contribution in [0.15, 0.2) is 0 Å². The number of carbonyl (C=O) groups excluding carboxylic acids is 3. The van der Waals surface area contributed by atoms with Gasteiger partial charge in [0.1, 0.15) is 34.1 Å². The van der Waals surface area contributed by atoms with Crippen LogP contribution in [0.2, 0.25) is 0 Å². The van der Waals surface area contributed by atoms with Gasteiger partial charge in [0.25, 0.3) is 0 Å². The Kier molecular flexibility index (Phi) is 6.40.